The van der Waals surface area contributed by atoms with Gasteiger partial charge in [0.2, 0.25) is 0 Å². The van der Waals surface area contributed by atoms with Gasteiger partial charge in [0.25, 0.3) is 6.47 Å². The van der Waals surface area contributed by atoms with Gasteiger partial charge in [0.05, 0.1) is 0 Å². The standard InChI is InChI=1S/C31H48O5/c1-18-8-11-27(3)14-15-29(5)20(24(27)19(18)2)16-21(33)25-28(4)12-10-23(36-17-32)31(7,26(34)35)22(28)9-13-30(25,29)6/h17-20,22-25H,8-16H2,1-7H3,(H,34,35)/t18-,19+,20?,22?,23-,24?,25?,27-,28+,29-,30-,31-/m1/s1. The molecule has 4 unspecified atom stereocenters. The van der Waals surface area contributed by atoms with Crippen molar-refractivity contribution in [3.8, 4) is 0 Å². The van der Waals surface area contributed by atoms with Gasteiger partial charge < -0.3 is 9.84 Å². The van der Waals surface area contributed by atoms with Crippen molar-refractivity contribution in [3.05, 3.63) is 0 Å². The minimum Gasteiger partial charge on any atom is -0.481 e. The van der Waals surface area contributed by atoms with E-state index in [1.165, 1.54) is 25.7 Å². The lowest BCUT2D eigenvalue weighted by Crippen LogP contribution is -2.70. The number of aliphatic carboxylic acids is 1. The van der Waals surface area contributed by atoms with Crippen LogP contribution in [0.15, 0.2) is 0 Å². The van der Waals surface area contributed by atoms with E-state index in [1.54, 1.807) is 6.92 Å². The SMILES string of the molecule is C[C@@H]1CC[C@]2(C)CC[C@]3(C)C(CC(=O)C4[C@@]5(C)CC[C@@H](OC=O)[C@](C)(C(=O)O)C5CC[C@]43C)C2[C@H]1C. The molecule has 5 nitrogen and oxygen atoms in total. The molecule has 202 valence electrons. The molecule has 5 saturated carbocycles. The topological polar surface area (TPSA) is 80.7 Å². The molecule has 5 heteroatoms. The summed E-state index contributed by atoms with van der Waals surface area (Å²) in [4.78, 5) is 38.4. The molecule has 0 aromatic heterocycles. The summed E-state index contributed by atoms with van der Waals surface area (Å²) >= 11 is 0. The Bertz CT molecular complexity index is 961. The van der Waals surface area contributed by atoms with E-state index in [2.05, 4.69) is 41.5 Å². The molecular formula is C31H48O5. The van der Waals surface area contributed by atoms with E-state index < -0.39 is 22.9 Å². The highest BCUT2D eigenvalue weighted by Gasteiger charge is 2.73. The van der Waals surface area contributed by atoms with Crippen LogP contribution in [0.3, 0.4) is 0 Å². The number of rotatable bonds is 3. The summed E-state index contributed by atoms with van der Waals surface area (Å²) < 4.78 is 5.39. The van der Waals surface area contributed by atoms with Crippen LogP contribution in [0.1, 0.15) is 106 Å². The third kappa shape index (κ3) is 3.04. The quantitative estimate of drug-likeness (QED) is 0.446. The molecule has 0 bridgehead atoms. The van der Waals surface area contributed by atoms with Gasteiger partial charge in [-0.3, -0.25) is 14.4 Å². The molecule has 0 heterocycles. The first-order valence-electron chi connectivity index (χ1n) is 14.6. The molecule has 12 atom stereocenters. The minimum atomic E-state index is -1.17. The van der Waals surface area contributed by atoms with Crippen molar-refractivity contribution in [2.45, 2.75) is 112 Å². The minimum absolute atomic E-state index is 0.0742. The summed E-state index contributed by atoms with van der Waals surface area (Å²) in [5.41, 5.74) is -1.32. The Morgan fingerprint density at radius 1 is 0.944 bits per heavy atom. The molecule has 5 aliphatic rings. The highest BCUT2D eigenvalue weighted by molar-refractivity contribution is 5.85. The maximum Gasteiger partial charge on any atom is 0.313 e. The largest absolute Gasteiger partial charge is 0.481 e. The number of hydrogen-bond donors (Lipinski definition) is 1. The molecule has 5 rings (SSSR count). The molecule has 0 aromatic carbocycles. The van der Waals surface area contributed by atoms with Crippen molar-refractivity contribution < 1.29 is 24.2 Å². The van der Waals surface area contributed by atoms with Gasteiger partial charge in [0, 0.05) is 12.3 Å². The molecule has 0 spiro atoms. The first-order chi connectivity index (χ1) is 16.7. The Labute approximate surface area is 217 Å². The van der Waals surface area contributed by atoms with Crippen molar-refractivity contribution >= 4 is 18.2 Å². The summed E-state index contributed by atoms with van der Waals surface area (Å²) in [6.45, 7) is 16.6. The van der Waals surface area contributed by atoms with E-state index in [1.807, 2.05) is 0 Å². The molecule has 1 N–H and O–H groups in total. The van der Waals surface area contributed by atoms with Crippen molar-refractivity contribution in [3.63, 3.8) is 0 Å². The van der Waals surface area contributed by atoms with Gasteiger partial charge in [-0.15, -0.1) is 0 Å². The second-order valence-corrected chi connectivity index (χ2v) is 15.0. The molecule has 0 aromatic rings. The predicted molar refractivity (Wildman–Crippen MR) is 138 cm³/mol. The lowest BCUT2D eigenvalue weighted by atomic mass is 9.31. The highest BCUT2D eigenvalue weighted by Crippen LogP contribution is 2.76. The van der Waals surface area contributed by atoms with Gasteiger partial charge >= 0.3 is 5.97 Å². The van der Waals surface area contributed by atoms with Crippen molar-refractivity contribution in [1.29, 1.82) is 0 Å². The first-order valence-corrected chi connectivity index (χ1v) is 14.6. The van der Waals surface area contributed by atoms with E-state index in [9.17, 15) is 19.5 Å². The maximum atomic E-state index is 14.4. The van der Waals surface area contributed by atoms with Gasteiger partial charge in [-0.2, -0.15) is 0 Å². The normalized spacial score (nSPS) is 56.4. The van der Waals surface area contributed by atoms with Gasteiger partial charge in [-0.1, -0.05) is 41.5 Å². The molecular weight excluding hydrogens is 452 g/mol. The maximum absolute atomic E-state index is 14.4. The average Bonchev–Trinajstić information content (AvgIpc) is 2.80. The third-order valence-corrected chi connectivity index (χ3v) is 14.0. The van der Waals surface area contributed by atoms with Crippen molar-refractivity contribution in [2.24, 2.45) is 62.6 Å². The van der Waals surface area contributed by atoms with E-state index in [4.69, 9.17) is 4.74 Å². The monoisotopic (exact) mass is 500 g/mol. The molecule has 36 heavy (non-hydrogen) atoms. The van der Waals surface area contributed by atoms with Crippen LogP contribution >= 0.6 is 0 Å². The Hall–Kier alpha value is -1.39. The number of carboxylic acids is 1. The zero-order valence-corrected chi connectivity index (χ0v) is 23.6. The molecule has 0 amide bonds. The average molecular weight is 501 g/mol. The summed E-state index contributed by atoms with van der Waals surface area (Å²) in [5, 5.41) is 10.4. The van der Waals surface area contributed by atoms with Gasteiger partial charge in [-0.05, 0) is 110 Å². The second kappa shape index (κ2) is 8.06. The van der Waals surface area contributed by atoms with Crippen LogP contribution in [0.5, 0.6) is 0 Å². The number of hydrogen-bond acceptors (Lipinski definition) is 4. The van der Waals surface area contributed by atoms with Gasteiger partial charge in [-0.25, -0.2) is 0 Å². The number of ketones is 1. The van der Waals surface area contributed by atoms with E-state index >= 15 is 0 Å². The summed E-state index contributed by atoms with van der Waals surface area (Å²) in [7, 11) is 0. The molecule has 5 fully saturated rings. The Kier molecular flexibility index (Phi) is 5.87. The summed E-state index contributed by atoms with van der Waals surface area (Å²) in [6.07, 6.45) is 7.87. The molecule has 5 aliphatic carbocycles. The van der Waals surface area contributed by atoms with Crippen LogP contribution in [-0.2, 0) is 19.1 Å². The molecule has 0 radical (unpaired) electrons. The number of Topliss-reactive ketones (excluding diaryl/α,β-unsaturated/α-hetero) is 1. The van der Waals surface area contributed by atoms with Crippen molar-refractivity contribution in [1.82, 2.24) is 0 Å². The fourth-order valence-corrected chi connectivity index (χ4v) is 11.7. The van der Waals surface area contributed by atoms with Crippen LogP contribution in [0, 0.1) is 62.6 Å². The Balaban J connectivity index is 1.58. The number of carboxylic acid groups (broad SMARTS) is 1. The Morgan fingerprint density at radius 3 is 2.28 bits per heavy atom. The van der Waals surface area contributed by atoms with Crippen LogP contribution in [0.25, 0.3) is 0 Å². The van der Waals surface area contributed by atoms with Crippen molar-refractivity contribution in [2.75, 3.05) is 0 Å². The smallest absolute Gasteiger partial charge is 0.313 e. The molecule has 0 aliphatic heterocycles. The zero-order valence-electron chi connectivity index (χ0n) is 23.6. The van der Waals surface area contributed by atoms with Crippen LogP contribution in [-0.4, -0.2) is 29.4 Å². The zero-order chi connectivity index (χ0) is 26.5. The predicted octanol–water partition coefficient (Wildman–Crippen LogP) is 6.53. The Morgan fingerprint density at radius 2 is 1.64 bits per heavy atom. The van der Waals surface area contributed by atoms with E-state index in [-0.39, 0.29) is 22.7 Å². The van der Waals surface area contributed by atoms with E-state index in [0.717, 1.165) is 19.3 Å². The van der Waals surface area contributed by atoms with Crippen LogP contribution in [0.4, 0.5) is 0 Å². The first kappa shape index (κ1) is 26.2. The third-order valence-electron chi connectivity index (χ3n) is 14.0. The van der Waals surface area contributed by atoms with Crippen LogP contribution in [0.2, 0.25) is 0 Å². The number of fused-ring (bicyclic) bond motifs is 7. The van der Waals surface area contributed by atoms with Gasteiger partial charge in [0.1, 0.15) is 17.3 Å². The number of ether oxygens (including phenoxy) is 1. The van der Waals surface area contributed by atoms with E-state index in [0.29, 0.717) is 54.2 Å². The highest BCUT2D eigenvalue weighted by atomic mass is 16.5. The fraction of sp³-hybridized carbons (Fsp3) is 0.903. The second-order valence-electron chi connectivity index (χ2n) is 15.0. The number of carbonyl (C=O) groups excluding carboxylic acids is 2. The summed E-state index contributed by atoms with van der Waals surface area (Å²) in [5.74, 6) is 1.45. The lowest BCUT2D eigenvalue weighted by molar-refractivity contribution is -0.249. The van der Waals surface area contributed by atoms with Crippen LogP contribution < -0.4 is 0 Å². The van der Waals surface area contributed by atoms with Gasteiger partial charge in [0.15, 0.2) is 0 Å². The fourth-order valence-electron chi connectivity index (χ4n) is 11.7. The summed E-state index contributed by atoms with van der Waals surface area (Å²) in [6, 6.07) is 0. The number of carbonyl (C=O) groups is 3. The lowest BCUT2D eigenvalue weighted by Gasteiger charge is -2.73. The molecule has 0 saturated heterocycles.